The van der Waals surface area contributed by atoms with E-state index in [1.807, 2.05) is 78.9 Å². The number of fused-ring (bicyclic) bond motifs is 1. The maximum absolute atomic E-state index is 12.8. The molecule has 4 aromatic rings. The number of benzene rings is 3. The standard InChI is InChI=1S/C23H17BrN2O2/c24-18-12-10-17(11-13-18)22-14-20(19-8-4-5-9-21(19)25-22)23(27)26-28-15-16-6-2-1-3-7-16/h1-14H,15H2,(H,26,27). The van der Waals surface area contributed by atoms with E-state index in [2.05, 4.69) is 21.4 Å². The van der Waals surface area contributed by atoms with E-state index in [0.29, 0.717) is 12.2 Å². The zero-order valence-electron chi connectivity index (χ0n) is 14.9. The van der Waals surface area contributed by atoms with Gasteiger partial charge in [0.05, 0.1) is 23.4 Å². The van der Waals surface area contributed by atoms with Gasteiger partial charge in [-0.2, -0.15) is 0 Å². The van der Waals surface area contributed by atoms with E-state index >= 15 is 0 Å². The highest BCUT2D eigenvalue weighted by atomic mass is 79.9. The average Bonchev–Trinajstić information content (AvgIpc) is 2.74. The molecule has 1 aromatic heterocycles. The summed E-state index contributed by atoms with van der Waals surface area (Å²) in [5.74, 6) is -0.298. The van der Waals surface area contributed by atoms with Gasteiger partial charge in [0.15, 0.2) is 0 Å². The second-order valence-corrected chi connectivity index (χ2v) is 7.20. The molecule has 0 atom stereocenters. The van der Waals surface area contributed by atoms with Crippen LogP contribution < -0.4 is 5.48 Å². The van der Waals surface area contributed by atoms with Crippen LogP contribution in [0.2, 0.25) is 0 Å². The maximum Gasteiger partial charge on any atom is 0.275 e. The van der Waals surface area contributed by atoms with Crippen LogP contribution in [0.5, 0.6) is 0 Å². The van der Waals surface area contributed by atoms with Crippen molar-refractivity contribution in [1.29, 1.82) is 0 Å². The van der Waals surface area contributed by atoms with Gasteiger partial charge in [-0.3, -0.25) is 9.63 Å². The van der Waals surface area contributed by atoms with Gasteiger partial charge in [0.25, 0.3) is 5.91 Å². The number of pyridine rings is 1. The largest absolute Gasteiger partial charge is 0.275 e. The van der Waals surface area contributed by atoms with Crippen molar-refractivity contribution in [1.82, 2.24) is 10.5 Å². The SMILES string of the molecule is O=C(NOCc1ccccc1)c1cc(-c2ccc(Br)cc2)nc2ccccc12. The van der Waals surface area contributed by atoms with Crippen molar-refractivity contribution in [2.24, 2.45) is 0 Å². The van der Waals surface area contributed by atoms with Crippen LogP contribution >= 0.6 is 15.9 Å². The van der Waals surface area contributed by atoms with Gasteiger partial charge < -0.3 is 0 Å². The normalized spacial score (nSPS) is 10.8. The fourth-order valence-electron chi connectivity index (χ4n) is 2.95. The summed E-state index contributed by atoms with van der Waals surface area (Å²) < 4.78 is 0.990. The quantitative estimate of drug-likeness (QED) is 0.422. The van der Waals surface area contributed by atoms with Gasteiger partial charge in [-0.05, 0) is 29.8 Å². The van der Waals surface area contributed by atoms with Crippen molar-refractivity contribution in [3.05, 3.63) is 101 Å². The Labute approximate surface area is 171 Å². The second-order valence-electron chi connectivity index (χ2n) is 6.28. The highest BCUT2D eigenvalue weighted by Crippen LogP contribution is 2.26. The first-order chi connectivity index (χ1) is 13.7. The number of nitrogens with one attached hydrogen (secondary N) is 1. The van der Waals surface area contributed by atoms with Crippen molar-refractivity contribution in [2.45, 2.75) is 6.61 Å². The van der Waals surface area contributed by atoms with Crippen molar-refractivity contribution < 1.29 is 9.63 Å². The predicted molar refractivity (Wildman–Crippen MR) is 114 cm³/mol. The Morgan fingerprint density at radius 3 is 2.43 bits per heavy atom. The highest BCUT2D eigenvalue weighted by Gasteiger charge is 2.14. The van der Waals surface area contributed by atoms with Crippen LogP contribution in [0.4, 0.5) is 0 Å². The van der Waals surface area contributed by atoms with Gasteiger partial charge in [-0.1, -0.05) is 76.6 Å². The molecule has 0 spiro atoms. The van der Waals surface area contributed by atoms with Gasteiger partial charge in [-0.25, -0.2) is 10.5 Å². The lowest BCUT2D eigenvalue weighted by atomic mass is 10.0. The minimum absolute atomic E-state index is 0.298. The van der Waals surface area contributed by atoms with E-state index in [-0.39, 0.29) is 5.91 Å². The molecule has 1 heterocycles. The van der Waals surface area contributed by atoms with Crippen LogP contribution in [-0.2, 0) is 11.4 Å². The molecule has 1 amide bonds. The number of carbonyl (C=O) groups excluding carboxylic acids is 1. The van der Waals surface area contributed by atoms with E-state index < -0.39 is 0 Å². The van der Waals surface area contributed by atoms with E-state index in [9.17, 15) is 4.79 Å². The Morgan fingerprint density at radius 1 is 0.929 bits per heavy atom. The summed E-state index contributed by atoms with van der Waals surface area (Å²) in [5.41, 5.74) is 6.50. The summed E-state index contributed by atoms with van der Waals surface area (Å²) in [4.78, 5) is 22.9. The van der Waals surface area contributed by atoms with Crippen LogP contribution in [0.3, 0.4) is 0 Å². The number of halogens is 1. The molecule has 0 unspecified atom stereocenters. The van der Waals surface area contributed by atoms with Crippen molar-refractivity contribution in [3.8, 4) is 11.3 Å². The molecule has 0 radical (unpaired) electrons. The molecule has 0 saturated heterocycles. The third-order valence-electron chi connectivity index (χ3n) is 4.35. The Morgan fingerprint density at radius 2 is 1.64 bits per heavy atom. The molecule has 1 N–H and O–H groups in total. The number of hydroxylamine groups is 1. The molecule has 5 heteroatoms. The van der Waals surface area contributed by atoms with Gasteiger partial charge in [0, 0.05) is 15.4 Å². The summed E-state index contributed by atoms with van der Waals surface area (Å²) in [6.45, 7) is 0.301. The molecular weight excluding hydrogens is 416 g/mol. The Hall–Kier alpha value is -3.02. The monoisotopic (exact) mass is 432 g/mol. The Balaban J connectivity index is 1.63. The molecule has 0 saturated carbocycles. The molecule has 4 nitrogen and oxygen atoms in total. The topological polar surface area (TPSA) is 51.2 Å². The zero-order valence-corrected chi connectivity index (χ0v) is 16.5. The van der Waals surface area contributed by atoms with Crippen molar-refractivity contribution >= 4 is 32.7 Å². The Kier molecular flexibility index (Phi) is 5.46. The van der Waals surface area contributed by atoms with E-state index in [1.165, 1.54) is 0 Å². The lowest BCUT2D eigenvalue weighted by molar-refractivity contribution is 0.0235. The molecule has 3 aromatic carbocycles. The van der Waals surface area contributed by atoms with Crippen molar-refractivity contribution in [3.63, 3.8) is 0 Å². The predicted octanol–water partition coefficient (Wildman–Crippen LogP) is 5.53. The average molecular weight is 433 g/mol. The molecule has 4 rings (SSSR count). The maximum atomic E-state index is 12.8. The molecule has 0 aliphatic carbocycles. The molecule has 28 heavy (non-hydrogen) atoms. The van der Waals surface area contributed by atoms with E-state index in [0.717, 1.165) is 32.2 Å². The summed E-state index contributed by atoms with van der Waals surface area (Å²) >= 11 is 3.44. The number of carbonyl (C=O) groups is 1. The summed E-state index contributed by atoms with van der Waals surface area (Å²) in [6, 6.07) is 26.9. The number of nitrogens with zero attached hydrogens (tertiary/aromatic N) is 1. The lowest BCUT2D eigenvalue weighted by Gasteiger charge is -2.11. The van der Waals surface area contributed by atoms with Gasteiger partial charge in [0.2, 0.25) is 0 Å². The second kappa shape index (κ2) is 8.33. The summed E-state index contributed by atoms with van der Waals surface area (Å²) in [5, 5.41) is 0.782. The molecule has 138 valence electrons. The number of hydrogen-bond acceptors (Lipinski definition) is 3. The number of hydrogen-bond donors (Lipinski definition) is 1. The fourth-order valence-corrected chi connectivity index (χ4v) is 3.21. The van der Waals surface area contributed by atoms with Crippen LogP contribution in [0.1, 0.15) is 15.9 Å². The number of rotatable bonds is 5. The molecule has 0 aliphatic heterocycles. The third-order valence-corrected chi connectivity index (χ3v) is 4.88. The number of aromatic nitrogens is 1. The highest BCUT2D eigenvalue weighted by molar-refractivity contribution is 9.10. The third kappa shape index (κ3) is 4.11. The Bertz CT molecular complexity index is 1110. The minimum Gasteiger partial charge on any atom is -0.269 e. The van der Waals surface area contributed by atoms with Crippen LogP contribution in [-0.4, -0.2) is 10.9 Å². The number of amides is 1. The molecule has 0 bridgehead atoms. The van der Waals surface area contributed by atoms with Gasteiger partial charge in [-0.15, -0.1) is 0 Å². The van der Waals surface area contributed by atoms with Crippen LogP contribution in [0.15, 0.2) is 89.4 Å². The lowest BCUT2D eigenvalue weighted by Crippen LogP contribution is -2.24. The van der Waals surface area contributed by atoms with Gasteiger partial charge >= 0.3 is 0 Å². The molecule has 0 fully saturated rings. The summed E-state index contributed by atoms with van der Waals surface area (Å²) in [7, 11) is 0. The van der Waals surface area contributed by atoms with E-state index in [4.69, 9.17) is 9.82 Å². The van der Waals surface area contributed by atoms with Crippen molar-refractivity contribution in [2.75, 3.05) is 0 Å². The first kappa shape index (κ1) is 18.3. The molecule has 0 aliphatic rings. The van der Waals surface area contributed by atoms with Crippen LogP contribution in [0.25, 0.3) is 22.2 Å². The zero-order chi connectivity index (χ0) is 19.3. The van der Waals surface area contributed by atoms with Gasteiger partial charge in [0.1, 0.15) is 0 Å². The molecular formula is C23H17BrN2O2. The van der Waals surface area contributed by atoms with E-state index in [1.54, 1.807) is 6.07 Å². The first-order valence-corrected chi connectivity index (χ1v) is 9.62. The first-order valence-electron chi connectivity index (χ1n) is 8.82. The minimum atomic E-state index is -0.298. The fraction of sp³-hybridized carbons (Fsp3) is 0.0435. The van der Waals surface area contributed by atoms with Crippen LogP contribution in [0, 0.1) is 0 Å². The smallest absolute Gasteiger partial charge is 0.269 e. The summed E-state index contributed by atoms with van der Waals surface area (Å²) in [6.07, 6.45) is 0. The number of para-hydroxylation sites is 1.